The molecule has 0 N–H and O–H groups in total. The Morgan fingerprint density at radius 1 is 0.296 bits per heavy atom. The Balaban J connectivity index is 1.18. The Labute approximate surface area is 315 Å². The number of ether oxygens (including phenoxy) is 1. The highest BCUT2D eigenvalue weighted by Crippen LogP contribution is 2.54. The number of nitrogens with zero attached hydrogens (tertiary/aromatic N) is 1. The van der Waals surface area contributed by atoms with Gasteiger partial charge in [-0.15, -0.1) is 0 Å². The summed E-state index contributed by atoms with van der Waals surface area (Å²) in [6.07, 6.45) is 0. The minimum atomic E-state index is 0.819. The van der Waals surface area contributed by atoms with Crippen LogP contribution in [-0.4, -0.2) is 0 Å². The molecule has 0 spiro atoms. The van der Waals surface area contributed by atoms with Crippen molar-refractivity contribution in [2.75, 3.05) is 4.90 Å². The van der Waals surface area contributed by atoms with Gasteiger partial charge in [-0.05, 0) is 104 Å². The molecule has 1 heterocycles. The fraction of sp³-hybridized carbons (Fsp3) is 0. The standard InChI is InChI=1S/C52H35NO/c1-4-13-36(14-5-1)39-23-28-44(29-24-39)53(45-30-25-40(26-31-45)37-15-6-2-7-16-37)50-22-12-21-47-46-32-27-43(38-17-8-3-9-18-38)33-48(46)49-34-41-19-10-11-20-42(41)35-51(49)54-52(47)50/h1-35H. The van der Waals surface area contributed by atoms with E-state index in [1.54, 1.807) is 0 Å². The number of rotatable bonds is 6. The van der Waals surface area contributed by atoms with E-state index in [9.17, 15) is 0 Å². The molecule has 0 aromatic heterocycles. The Morgan fingerprint density at radius 3 is 1.35 bits per heavy atom. The van der Waals surface area contributed by atoms with E-state index in [1.165, 1.54) is 38.8 Å². The molecule has 1 aliphatic heterocycles. The van der Waals surface area contributed by atoms with E-state index in [0.29, 0.717) is 0 Å². The summed E-state index contributed by atoms with van der Waals surface area (Å²) in [4.78, 5) is 2.33. The maximum atomic E-state index is 7.24. The van der Waals surface area contributed by atoms with Crippen LogP contribution in [0.1, 0.15) is 0 Å². The summed E-state index contributed by atoms with van der Waals surface area (Å²) in [7, 11) is 0. The molecule has 0 bridgehead atoms. The van der Waals surface area contributed by atoms with Crippen molar-refractivity contribution in [3.05, 3.63) is 212 Å². The molecule has 0 radical (unpaired) electrons. The minimum Gasteiger partial charge on any atom is -0.454 e. The highest BCUT2D eigenvalue weighted by molar-refractivity contribution is 6.00. The van der Waals surface area contributed by atoms with Crippen LogP contribution < -0.4 is 9.64 Å². The van der Waals surface area contributed by atoms with E-state index in [1.807, 2.05) is 0 Å². The van der Waals surface area contributed by atoms with Crippen molar-refractivity contribution in [3.63, 3.8) is 0 Å². The molecule has 54 heavy (non-hydrogen) atoms. The summed E-state index contributed by atoms with van der Waals surface area (Å²) >= 11 is 0. The Morgan fingerprint density at radius 2 is 0.778 bits per heavy atom. The third-order valence-corrected chi connectivity index (χ3v) is 10.5. The van der Waals surface area contributed by atoms with Crippen LogP contribution >= 0.6 is 0 Å². The molecule has 0 amide bonds. The van der Waals surface area contributed by atoms with Crippen LogP contribution in [0.3, 0.4) is 0 Å². The van der Waals surface area contributed by atoms with Gasteiger partial charge in [0, 0.05) is 22.5 Å². The van der Waals surface area contributed by atoms with Crippen LogP contribution in [0, 0.1) is 0 Å². The van der Waals surface area contributed by atoms with Gasteiger partial charge in [-0.2, -0.15) is 0 Å². The van der Waals surface area contributed by atoms with Crippen LogP contribution in [0.15, 0.2) is 212 Å². The van der Waals surface area contributed by atoms with Gasteiger partial charge >= 0.3 is 0 Å². The summed E-state index contributed by atoms with van der Waals surface area (Å²) in [5.74, 6) is 1.66. The van der Waals surface area contributed by atoms with Crippen LogP contribution in [0.5, 0.6) is 11.5 Å². The summed E-state index contributed by atoms with van der Waals surface area (Å²) in [6, 6.07) is 75.7. The maximum absolute atomic E-state index is 7.24. The topological polar surface area (TPSA) is 12.5 Å². The molecule has 0 saturated heterocycles. The van der Waals surface area contributed by atoms with Gasteiger partial charge in [0.15, 0.2) is 5.75 Å². The first-order valence-corrected chi connectivity index (χ1v) is 18.4. The SMILES string of the molecule is c1ccc(-c2ccc(N(c3ccc(-c4ccccc4)cc3)c3cccc4c3Oc3cc5ccccc5cc3-c3cc(-c5ccccc5)ccc3-4)cc2)cc1. The van der Waals surface area contributed by atoms with Crippen molar-refractivity contribution in [3.8, 4) is 67.1 Å². The van der Waals surface area contributed by atoms with E-state index >= 15 is 0 Å². The number of hydrogen-bond donors (Lipinski definition) is 0. The molecule has 0 fully saturated rings. The van der Waals surface area contributed by atoms with Gasteiger partial charge in [-0.1, -0.05) is 164 Å². The predicted octanol–water partition coefficient (Wildman–Crippen LogP) is 14.8. The van der Waals surface area contributed by atoms with E-state index in [2.05, 4.69) is 217 Å². The summed E-state index contributed by atoms with van der Waals surface area (Å²) in [5, 5.41) is 2.32. The lowest BCUT2D eigenvalue weighted by atomic mass is 9.90. The van der Waals surface area contributed by atoms with Crippen molar-refractivity contribution < 1.29 is 4.74 Å². The number of benzene rings is 9. The second kappa shape index (κ2) is 13.4. The van der Waals surface area contributed by atoms with Gasteiger partial charge in [0.1, 0.15) is 5.75 Å². The van der Waals surface area contributed by atoms with Crippen LogP contribution in [-0.2, 0) is 0 Å². The number of anilines is 3. The zero-order chi connectivity index (χ0) is 35.8. The second-order valence-corrected chi connectivity index (χ2v) is 13.7. The Kier molecular flexibility index (Phi) is 7.85. The van der Waals surface area contributed by atoms with Gasteiger partial charge in [-0.3, -0.25) is 0 Å². The highest BCUT2D eigenvalue weighted by Gasteiger charge is 2.27. The van der Waals surface area contributed by atoms with E-state index in [-0.39, 0.29) is 0 Å². The zero-order valence-electron chi connectivity index (χ0n) is 29.6. The summed E-state index contributed by atoms with van der Waals surface area (Å²) in [6.45, 7) is 0. The molecule has 9 aromatic rings. The first-order chi connectivity index (χ1) is 26.8. The largest absolute Gasteiger partial charge is 0.454 e. The molecule has 2 nitrogen and oxygen atoms in total. The van der Waals surface area contributed by atoms with E-state index in [4.69, 9.17) is 4.74 Å². The van der Waals surface area contributed by atoms with Gasteiger partial charge in [0.05, 0.1) is 5.69 Å². The zero-order valence-corrected chi connectivity index (χ0v) is 29.6. The van der Waals surface area contributed by atoms with Crippen molar-refractivity contribution in [1.82, 2.24) is 0 Å². The maximum Gasteiger partial charge on any atom is 0.159 e. The van der Waals surface area contributed by atoms with Gasteiger partial charge in [-0.25, -0.2) is 0 Å². The third-order valence-electron chi connectivity index (χ3n) is 10.5. The summed E-state index contributed by atoms with van der Waals surface area (Å²) < 4.78 is 7.24. The van der Waals surface area contributed by atoms with E-state index < -0.39 is 0 Å². The predicted molar refractivity (Wildman–Crippen MR) is 226 cm³/mol. The van der Waals surface area contributed by atoms with Gasteiger partial charge < -0.3 is 9.64 Å². The Hall–Kier alpha value is -7.16. The molecule has 1 aliphatic rings. The lowest BCUT2D eigenvalue weighted by Gasteiger charge is -2.28. The molecule has 0 saturated carbocycles. The highest BCUT2D eigenvalue weighted by atomic mass is 16.5. The number of fused-ring (bicyclic) bond motifs is 6. The van der Waals surface area contributed by atoms with Crippen LogP contribution in [0.4, 0.5) is 17.1 Å². The average Bonchev–Trinajstić information content (AvgIpc) is 3.38. The molecule has 2 heteroatoms. The molecular formula is C52H35NO. The Bertz CT molecular complexity index is 2670. The molecule has 0 unspecified atom stereocenters. The van der Waals surface area contributed by atoms with Crippen molar-refractivity contribution in [2.24, 2.45) is 0 Å². The number of hydrogen-bond acceptors (Lipinski definition) is 2. The lowest BCUT2D eigenvalue weighted by molar-refractivity contribution is 0.489. The fourth-order valence-electron chi connectivity index (χ4n) is 7.75. The minimum absolute atomic E-state index is 0.819. The molecular weight excluding hydrogens is 655 g/mol. The molecule has 9 aromatic carbocycles. The van der Waals surface area contributed by atoms with Crippen LogP contribution in [0.2, 0.25) is 0 Å². The normalized spacial score (nSPS) is 11.5. The second-order valence-electron chi connectivity index (χ2n) is 13.7. The fourth-order valence-corrected chi connectivity index (χ4v) is 7.75. The quantitative estimate of drug-likeness (QED) is 0.172. The molecule has 0 atom stereocenters. The first kappa shape index (κ1) is 31.6. The van der Waals surface area contributed by atoms with Crippen LogP contribution in [0.25, 0.3) is 66.4 Å². The smallest absolute Gasteiger partial charge is 0.159 e. The monoisotopic (exact) mass is 689 g/mol. The molecule has 254 valence electrons. The van der Waals surface area contributed by atoms with Crippen molar-refractivity contribution >= 4 is 27.8 Å². The average molecular weight is 690 g/mol. The van der Waals surface area contributed by atoms with Crippen molar-refractivity contribution in [1.29, 1.82) is 0 Å². The lowest BCUT2D eigenvalue weighted by Crippen LogP contribution is -2.11. The van der Waals surface area contributed by atoms with Gasteiger partial charge in [0.25, 0.3) is 0 Å². The first-order valence-electron chi connectivity index (χ1n) is 18.4. The molecule has 10 rings (SSSR count). The number of para-hydroxylation sites is 1. The summed E-state index contributed by atoms with van der Waals surface area (Å²) in [5.41, 5.74) is 14.6. The van der Waals surface area contributed by atoms with E-state index in [0.717, 1.165) is 56.2 Å². The molecule has 0 aliphatic carbocycles. The van der Waals surface area contributed by atoms with Crippen molar-refractivity contribution in [2.45, 2.75) is 0 Å². The third kappa shape index (κ3) is 5.71. The van der Waals surface area contributed by atoms with Gasteiger partial charge in [0.2, 0.25) is 0 Å².